The molecule has 7 nitrogen and oxygen atoms in total. The minimum Gasteiger partial charge on any atom is -0.497 e. The van der Waals surface area contributed by atoms with Crippen LogP contribution in [0.15, 0.2) is 53.5 Å². The van der Waals surface area contributed by atoms with E-state index in [0.717, 1.165) is 36.8 Å². The molecule has 7 heteroatoms. The number of guanidine groups is 1. The molecule has 0 aromatic heterocycles. The van der Waals surface area contributed by atoms with Crippen LogP contribution in [0, 0.1) is 0 Å². The summed E-state index contributed by atoms with van der Waals surface area (Å²) in [6.07, 6.45) is 0.623. The molecular formula is C22H28N4O3. The molecule has 0 bridgehead atoms. The van der Waals surface area contributed by atoms with Gasteiger partial charge in [0.2, 0.25) is 0 Å². The fourth-order valence-corrected chi connectivity index (χ4v) is 3.49. The largest absolute Gasteiger partial charge is 0.497 e. The molecule has 1 aliphatic heterocycles. The Morgan fingerprint density at radius 3 is 2.48 bits per heavy atom. The molecule has 2 N–H and O–H groups in total. The summed E-state index contributed by atoms with van der Waals surface area (Å²) in [6.45, 7) is 2.57. The first kappa shape index (κ1) is 20.5. The molecule has 0 spiro atoms. The number of benzene rings is 2. The van der Waals surface area contributed by atoms with Crippen molar-refractivity contribution in [3.63, 3.8) is 0 Å². The Morgan fingerprint density at radius 2 is 1.86 bits per heavy atom. The normalized spacial score (nSPS) is 16.4. The van der Waals surface area contributed by atoms with Crippen molar-refractivity contribution in [1.29, 1.82) is 0 Å². The van der Waals surface area contributed by atoms with Gasteiger partial charge >= 0.3 is 6.09 Å². The van der Waals surface area contributed by atoms with Crippen molar-refractivity contribution < 1.29 is 14.3 Å². The number of carbonyl (C=O) groups excluding carboxylic acids is 1. The first-order valence-corrected chi connectivity index (χ1v) is 9.66. The van der Waals surface area contributed by atoms with Crippen LogP contribution in [0.1, 0.15) is 23.5 Å². The minimum atomic E-state index is -0.475. The third-order valence-electron chi connectivity index (χ3n) is 5.12. The Kier molecular flexibility index (Phi) is 6.94. The van der Waals surface area contributed by atoms with Crippen molar-refractivity contribution in [3.8, 4) is 5.75 Å². The molecular weight excluding hydrogens is 368 g/mol. The zero-order valence-electron chi connectivity index (χ0n) is 17.1. The molecule has 1 amide bonds. The first-order valence-electron chi connectivity index (χ1n) is 9.66. The van der Waals surface area contributed by atoms with Crippen LogP contribution in [0.3, 0.4) is 0 Å². The Balaban J connectivity index is 1.53. The summed E-state index contributed by atoms with van der Waals surface area (Å²) in [7, 11) is 4.84. The molecule has 0 radical (unpaired) electrons. The van der Waals surface area contributed by atoms with E-state index in [4.69, 9.17) is 4.74 Å². The molecule has 2 aromatic carbocycles. The second-order valence-electron chi connectivity index (χ2n) is 6.92. The summed E-state index contributed by atoms with van der Waals surface area (Å²) in [5, 5.41) is 6.08. The van der Waals surface area contributed by atoms with Crippen molar-refractivity contribution >= 4 is 17.7 Å². The number of methoxy groups -OCH3 is 2. The Morgan fingerprint density at radius 1 is 1.14 bits per heavy atom. The van der Waals surface area contributed by atoms with Gasteiger partial charge in [-0.05, 0) is 41.8 Å². The van der Waals surface area contributed by atoms with Crippen LogP contribution in [0.4, 0.5) is 10.5 Å². The Labute approximate surface area is 171 Å². The van der Waals surface area contributed by atoms with E-state index in [9.17, 15) is 4.79 Å². The minimum absolute atomic E-state index is 0.475. The molecule has 3 rings (SSSR count). The molecule has 1 heterocycles. The zero-order valence-corrected chi connectivity index (χ0v) is 17.1. The summed E-state index contributed by atoms with van der Waals surface area (Å²) >= 11 is 0. The van der Waals surface area contributed by atoms with E-state index in [2.05, 4.69) is 37.4 Å². The number of rotatable bonds is 5. The lowest BCUT2D eigenvalue weighted by molar-refractivity contribution is 0.187. The molecule has 1 fully saturated rings. The van der Waals surface area contributed by atoms with Gasteiger partial charge in [-0.2, -0.15) is 0 Å². The highest BCUT2D eigenvalue weighted by molar-refractivity contribution is 5.84. The predicted molar refractivity (Wildman–Crippen MR) is 115 cm³/mol. The lowest BCUT2D eigenvalue weighted by atomic mass is 9.98. The van der Waals surface area contributed by atoms with E-state index < -0.39 is 6.09 Å². The van der Waals surface area contributed by atoms with Gasteiger partial charge in [-0.3, -0.25) is 10.3 Å². The fourth-order valence-electron chi connectivity index (χ4n) is 3.49. The van der Waals surface area contributed by atoms with Crippen molar-refractivity contribution in [1.82, 2.24) is 10.2 Å². The average Bonchev–Trinajstić information content (AvgIpc) is 3.25. The zero-order chi connectivity index (χ0) is 20.6. The predicted octanol–water partition coefficient (Wildman–Crippen LogP) is 3.44. The highest BCUT2D eigenvalue weighted by Gasteiger charge is 2.26. The molecule has 1 saturated heterocycles. The van der Waals surface area contributed by atoms with Crippen LogP contribution in [0.2, 0.25) is 0 Å². The maximum atomic E-state index is 11.3. The van der Waals surface area contributed by atoms with Crippen LogP contribution in [-0.2, 0) is 11.3 Å². The van der Waals surface area contributed by atoms with Crippen LogP contribution in [0.25, 0.3) is 0 Å². The van der Waals surface area contributed by atoms with Gasteiger partial charge in [0, 0.05) is 38.3 Å². The SMILES string of the molecule is CN=C(NCc1ccc(NC(=O)OC)cc1)N1CCC(c2ccc(OC)cc2)C1. The smallest absolute Gasteiger partial charge is 0.411 e. The van der Waals surface area contributed by atoms with E-state index in [1.807, 2.05) is 43.4 Å². The number of carbonyl (C=O) groups is 1. The van der Waals surface area contributed by atoms with Crippen LogP contribution < -0.4 is 15.4 Å². The quantitative estimate of drug-likeness (QED) is 0.598. The summed E-state index contributed by atoms with van der Waals surface area (Å²) in [6, 6.07) is 16.0. The van der Waals surface area contributed by atoms with Crippen molar-refractivity contribution in [2.24, 2.45) is 4.99 Å². The summed E-state index contributed by atoms with van der Waals surface area (Å²) in [4.78, 5) is 18.0. The highest BCUT2D eigenvalue weighted by atomic mass is 16.5. The Bertz CT molecular complexity index is 834. The molecule has 154 valence electrons. The fraction of sp³-hybridized carbons (Fsp3) is 0.364. The highest BCUT2D eigenvalue weighted by Crippen LogP contribution is 2.28. The molecule has 0 aliphatic carbocycles. The second kappa shape index (κ2) is 9.82. The van der Waals surface area contributed by atoms with E-state index in [-0.39, 0.29) is 0 Å². The third-order valence-corrected chi connectivity index (χ3v) is 5.12. The number of amides is 1. The molecule has 2 aromatic rings. The van der Waals surface area contributed by atoms with Crippen LogP contribution in [-0.4, -0.2) is 51.3 Å². The lowest BCUT2D eigenvalue weighted by Crippen LogP contribution is -2.39. The van der Waals surface area contributed by atoms with E-state index in [1.54, 1.807) is 7.11 Å². The van der Waals surface area contributed by atoms with Crippen molar-refractivity contribution in [2.45, 2.75) is 18.9 Å². The number of hydrogen-bond donors (Lipinski definition) is 2. The Hall–Kier alpha value is -3.22. The van der Waals surface area contributed by atoms with Gasteiger partial charge in [0.1, 0.15) is 5.75 Å². The summed E-state index contributed by atoms with van der Waals surface area (Å²) in [5.41, 5.74) is 3.14. The lowest BCUT2D eigenvalue weighted by Gasteiger charge is -2.22. The average molecular weight is 396 g/mol. The van der Waals surface area contributed by atoms with Crippen LogP contribution >= 0.6 is 0 Å². The van der Waals surface area contributed by atoms with E-state index in [1.165, 1.54) is 12.7 Å². The summed E-state index contributed by atoms with van der Waals surface area (Å²) < 4.78 is 9.85. The number of anilines is 1. The van der Waals surface area contributed by atoms with Gasteiger partial charge < -0.3 is 19.7 Å². The van der Waals surface area contributed by atoms with Gasteiger partial charge in [0.05, 0.1) is 14.2 Å². The molecule has 1 atom stereocenters. The number of hydrogen-bond acceptors (Lipinski definition) is 4. The van der Waals surface area contributed by atoms with E-state index in [0.29, 0.717) is 18.2 Å². The number of ether oxygens (including phenoxy) is 2. The van der Waals surface area contributed by atoms with E-state index >= 15 is 0 Å². The van der Waals surface area contributed by atoms with Gasteiger partial charge in [0.25, 0.3) is 0 Å². The molecule has 1 unspecified atom stereocenters. The number of likely N-dealkylation sites (tertiary alicyclic amines) is 1. The van der Waals surface area contributed by atoms with Gasteiger partial charge in [-0.15, -0.1) is 0 Å². The standard InChI is InChI=1S/C22H28N4O3/c1-23-21(24-14-16-4-8-19(9-5-16)25-22(27)29-3)26-13-12-18(15-26)17-6-10-20(28-2)11-7-17/h4-11,18H,12-15H2,1-3H3,(H,23,24)(H,25,27). The second-order valence-corrected chi connectivity index (χ2v) is 6.92. The molecule has 0 saturated carbocycles. The van der Waals surface area contributed by atoms with Crippen LogP contribution in [0.5, 0.6) is 5.75 Å². The first-order chi connectivity index (χ1) is 14.1. The van der Waals surface area contributed by atoms with Gasteiger partial charge in [0.15, 0.2) is 5.96 Å². The maximum absolute atomic E-state index is 11.3. The monoisotopic (exact) mass is 396 g/mol. The van der Waals surface area contributed by atoms with Gasteiger partial charge in [-0.1, -0.05) is 24.3 Å². The maximum Gasteiger partial charge on any atom is 0.411 e. The summed E-state index contributed by atoms with van der Waals surface area (Å²) in [5.74, 6) is 2.27. The van der Waals surface area contributed by atoms with Crippen molar-refractivity contribution in [2.75, 3.05) is 39.7 Å². The molecule has 1 aliphatic rings. The van der Waals surface area contributed by atoms with Crippen molar-refractivity contribution in [3.05, 3.63) is 59.7 Å². The molecule has 29 heavy (non-hydrogen) atoms. The number of nitrogens with one attached hydrogen (secondary N) is 2. The number of nitrogens with zero attached hydrogens (tertiary/aromatic N) is 2. The van der Waals surface area contributed by atoms with Gasteiger partial charge in [-0.25, -0.2) is 4.79 Å². The number of aliphatic imine (C=N–C) groups is 1. The third kappa shape index (κ3) is 5.40. The topological polar surface area (TPSA) is 75.2 Å².